The number of rotatable bonds is 1. The van der Waals surface area contributed by atoms with Crippen LogP contribution < -0.4 is 10.4 Å². The molecule has 0 spiro atoms. The quantitative estimate of drug-likeness (QED) is 0.559. The summed E-state index contributed by atoms with van der Waals surface area (Å²) in [6, 6.07) is 8.08. The molecule has 0 bridgehead atoms. The van der Waals surface area contributed by atoms with Gasteiger partial charge >= 0.3 is 0 Å². The summed E-state index contributed by atoms with van der Waals surface area (Å²) >= 11 is 0. The summed E-state index contributed by atoms with van der Waals surface area (Å²) in [5.74, 6) is 0. The molecule has 0 heterocycles. The van der Waals surface area contributed by atoms with Gasteiger partial charge in [-0.2, -0.15) is 0 Å². The second-order valence-corrected chi connectivity index (χ2v) is 2.39. The van der Waals surface area contributed by atoms with Crippen molar-refractivity contribution in [3.05, 3.63) is 46.9 Å². The van der Waals surface area contributed by atoms with E-state index in [0.717, 1.165) is 5.22 Å². The van der Waals surface area contributed by atoms with E-state index in [-0.39, 0.29) is 0 Å². The summed E-state index contributed by atoms with van der Waals surface area (Å²) < 4.78 is 0. The van der Waals surface area contributed by atoms with Crippen LogP contribution in [0.4, 0.5) is 0 Å². The Morgan fingerprint density at radius 3 is 2.64 bits per heavy atom. The van der Waals surface area contributed by atoms with Crippen LogP contribution in [0.5, 0.6) is 0 Å². The molecule has 0 saturated carbocycles. The number of hydrogen-bond acceptors (Lipinski definition) is 0. The summed E-state index contributed by atoms with van der Waals surface area (Å²) in [5.41, 5.74) is 0. The lowest BCUT2D eigenvalue weighted by molar-refractivity contribution is 1.53. The van der Waals surface area contributed by atoms with Crippen LogP contribution in [0.25, 0.3) is 12.7 Å². The first-order valence-electron chi connectivity index (χ1n) is 3.71. The molecule has 0 heteroatoms. The predicted molar refractivity (Wildman–Crippen MR) is 50.5 cm³/mol. The van der Waals surface area contributed by atoms with Gasteiger partial charge < -0.3 is 0 Å². The van der Waals surface area contributed by atoms with Crippen molar-refractivity contribution in [2.45, 2.75) is 6.92 Å². The Kier molecular flexibility index (Phi) is 2.67. The van der Waals surface area contributed by atoms with Crippen molar-refractivity contribution < 1.29 is 0 Å². The molecule has 1 aromatic carbocycles. The fourth-order valence-corrected chi connectivity index (χ4v) is 0.897. The minimum atomic E-state index is 1.07. The second kappa shape index (κ2) is 3.77. The van der Waals surface area contributed by atoms with Crippen LogP contribution in [0.3, 0.4) is 0 Å². The highest BCUT2D eigenvalue weighted by Gasteiger charge is 1.76. The zero-order chi connectivity index (χ0) is 8.10. The van der Waals surface area contributed by atoms with Gasteiger partial charge in [0.2, 0.25) is 0 Å². The zero-order valence-electron chi connectivity index (χ0n) is 6.75. The third-order valence-corrected chi connectivity index (χ3v) is 1.52. The minimum Gasteiger partial charge on any atom is -0.0912 e. The zero-order valence-corrected chi connectivity index (χ0v) is 6.75. The topological polar surface area (TPSA) is 0 Å². The van der Waals surface area contributed by atoms with Gasteiger partial charge in [-0.05, 0) is 17.4 Å². The smallest absolute Gasteiger partial charge is 0.0190 e. The molecule has 0 saturated heterocycles. The number of hydrogen-bond donors (Lipinski definition) is 0. The standard InChI is InChI=1S/C11H12/c1-3-4-8-11-9-6-5-7-10(11)2/h3-9H,2H2,1H3/b4-3+,11-8?. The molecular weight excluding hydrogens is 132 g/mol. The van der Waals surface area contributed by atoms with Crippen LogP contribution in [0.15, 0.2) is 36.4 Å². The normalized spacial score (nSPS) is 12.6. The largest absolute Gasteiger partial charge is 0.0912 e. The fourth-order valence-electron chi connectivity index (χ4n) is 0.897. The van der Waals surface area contributed by atoms with Crippen molar-refractivity contribution >= 4 is 12.7 Å². The highest BCUT2D eigenvalue weighted by Crippen LogP contribution is 1.73. The molecule has 0 aromatic heterocycles. The van der Waals surface area contributed by atoms with Crippen LogP contribution in [0.2, 0.25) is 0 Å². The average Bonchev–Trinajstić information content (AvgIpc) is 2.03. The molecule has 0 amide bonds. The van der Waals surface area contributed by atoms with Crippen LogP contribution in [0, 0.1) is 0 Å². The Balaban J connectivity index is 3.24. The maximum absolute atomic E-state index is 3.91. The molecule has 0 aliphatic rings. The Hall–Kier alpha value is -1.30. The minimum absolute atomic E-state index is 1.07. The van der Waals surface area contributed by atoms with E-state index in [2.05, 4.69) is 18.7 Å². The van der Waals surface area contributed by atoms with E-state index in [0.29, 0.717) is 0 Å². The van der Waals surface area contributed by atoms with Crippen molar-refractivity contribution in [2.75, 3.05) is 0 Å². The van der Waals surface area contributed by atoms with E-state index in [9.17, 15) is 0 Å². The Morgan fingerprint density at radius 1 is 1.27 bits per heavy atom. The molecule has 0 unspecified atom stereocenters. The molecule has 0 fully saturated rings. The van der Waals surface area contributed by atoms with Gasteiger partial charge in [0, 0.05) is 0 Å². The van der Waals surface area contributed by atoms with Crippen LogP contribution in [-0.2, 0) is 0 Å². The van der Waals surface area contributed by atoms with Crippen molar-refractivity contribution in [1.29, 1.82) is 0 Å². The van der Waals surface area contributed by atoms with Gasteiger partial charge in [-0.25, -0.2) is 0 Å². The SMILES string of the molecule is C=c1ccccc1=C/C=C/C. The number of allylic oxidation sites excluding steroid dienone is 2. The molecule has 56 valence electrons. The highest BCUT2D eigenvalue weighted by molar-refractivity contribution is 5.37. The lowest BCUT2D eigenvalue weighted by Gasteiger charge is -1.84. The van der Waals surface area contributed by atoms with Gasteiger partial charge in [0.1, 0.15) is 0 Å². The van der Waals surface area contributed by atoms with Gasteiger partial charge in [0.05, 0.1) is 0 Å². The first kappa shape index (κ1) is 7.80. The van der Waals surface area contributed by atoms with Crippen molar-refractivity contribution in [3.63, 3.8) is 0 Å². The van der Waals surface area contributed by atoms with Gasteiger partial charge in [0.25, 0.3) is 0 Å². The molecule has 0 radical (unpaired) electrons. The van der Waals surface area contributed by atoms with Crippen LogP contribution in [-0.4, -0.2) is 0 Å². The summed E-state index contributed by atoms with van der Waals surface area (Å²) in [7, 11) is 0. The third-order valence-electron chi connectivity index (χ3n) is 1.52. The molecule has 0 aliphatic carbocycles. The first-order valence-corrected chi connectivity index (χ1v) is 3.71. The third kappa shape index (κ3) is 2.08. The molecule has 1 rings (SSSR count). The molecule has 0 atom stereocenters. The van der Waals surface area contributed by atoms with E-state index >= 15 is 0 Å². The highest BCUT2D eigenvalue weighted by atomic mass is 13.8. The van der Waals surface area contributed by atoms with Gasteiger partial charge in [-0.3, -0.25) is 0 Å². The number of benzene rings is 1. The van der Waals surface area contributed by atoms with Gasteiger partial charge in [0.15, 0.2) is 0 Å². The van der Waals surface area contributed by atoms with Gasteiger partial charge in [-0.15, -0.1) is 0 Å². The summed E-state index contributed by atoms with van der Waals surface area (Å²) in [6.45, 7) is 5.91. The second-order valence-electron chi connectivity index (χ2n) is 2.39. The monoisotopic (exact) mass is 144 g/mol. The maximum atomic E-state index is 3.91. The molecule has 11 heavy (non-hydrogen) atoms. The van der Waals surface area contributed by atoms with E-state index in [1.165, 1.54) is 5.22 Å². The Labute approximate surface area is 67.2 Å². The Morgan fingerprint density at radius 2 is 2.00 bits per heavy atom. The van der Waals surface area contributed by atoms with Crippen molar-refractivity contribution in [2.24, 2.45) is 0 Å². The van der Waals surface area contributed by atoms with Crippen LogP contribution in [0.1, 0.15) is 6.92 Å². The summed E-state index contributed by atoms with van der Waals surface area (Å²) in [4.78, 5) is 0. The van der Waals surface area contributed by atoms with E-state index < -0.39 is 0 Å². The van der Waals surface area contributed by atoms with Gasteiger partial charge in [-0.1, -0.05) is 49.1 Å². The lowest BCUT2D eigenvalue weighted by atomic mass is 10.2. The molecule has 0 aliphatic heterocycles. The first-order chi connectivity index (χ1) is 5.34. The maximum Gasteiger partial charge on any atom is -0.0190 e. The van der Waals surface area contributed by atoms with E-state index in [1.807, 2.05) is 37.3 Å². The average molecular weight is 144 g/mol. The van der Waals surface area contributed by atoms with Crippen molar-refractivity contribution in [1.82, 2.24) is 0 Å². The molecule has 0 nitrogen and oxygen atoms in total. The molecule has 1 aromatic rings. The summed E-state index contributed by atoms with van der Waals surface area (Å²) in [6.07, 6.45) is 6.08. The van der Waals surface area contributed by atoms with E-state index in [4.69, 9.17) is 0 Å². The molecular formula is C11H12. The molecule has 0 N–H and O–H groups in total. The van der Waals surface area contributed by atoms with Crippen molar-refractivity contribution in [3.8, 4) is 0 Å². The fraction of sp³-hybridized carbons (Fsp3) is 0.0909. The predicted octanol–water partition coefficient (Wildman–Crippen LogP) is 1.45. The Bertz CT molecular complexity index is 345. The van der Waals surface area contributed by atoms with Crippen LogP contribution >= 0.6 is 0 Å². The lowest BCUT2D eigenvalue weighted by Crippen LogP contribution is -2.21. The summed E-state index contributed by atoms with van der Waals surface area (Å²) in [5, 5.41) is 2.26. The van der Waals surface area contributed by atoms with E-state index in [1.54, 1.807) is 0 Å².